The Balaban J connectivity index is 1.39. The van der Waals surface area contributed by atoms with Crippen LogP contribution in [0.4, 0.5) is 4.79 Å². The molecule has 9 heteroatoms. The van der Waals surface area contributed by atoms with Crippen LogP contribution in [0.3, 0.4) is 0 Å². The van der Waals surface area contributed by atoms with Crippen molar-refractivity contribution in [3.63, 3.8) is 0 Å². The number of aromatic nitrogens is 2. The molecule has 1 aromatic heterocycles. The first kappa shape index (κ1) is 25.0. The van der Waals surface area contributed by atoms with Gasteiger partial charge in [-0.3, -0.25) is 9.48 Å². The van der Waals surface area contributed by atoms with Crippen molar-refractivity contribution in [1.82, 2.24) is 19.6 Å². The van der Waals surface area contributed by atoms with E-state index in [1.165, 1.54) is 0 Å². The van der Waals surface area contributed by atoms with Gasteiger partial charge in [0.2, 0.25) is 0 Å². The van der Waals surface area contributed by atoms with E-state index < -0.39 is 11.7 Å². The van der Waals surface area contributed by atoms with Gasteiger partial charge in [0.1, 0.15) is 5.60 Å². The van der Waals surface area contributed by atoms with Crippen LogP contribution < -0.4 is 0 Å². The van der Waals surface area contributed by atoms with E-state index in [0.29, 0.717) is 38.4 Å². The first-order valence-corrected chi connectivity index (χ1v) is 12.7. The molecule has 2 fully saturated rings. The number of ether oxygens (including phenoxy) is 2. The number of fused-ring (bicyclic) bond motifs is 1. The van der Waals surface area contributed by atoms with Crippen LogP contribution in [0.5, 0.6) is 0 Å². The van der Waals surface area contributed by atoms with Crippen molar-refractivity contribution >= 4 is 12.0 Å². The molecule has 0 spiro atoms. The molecule has 0 saturated carbocycles. The maximum atomic E-state index is 13.3. The lowest BCUT2D eigenvalue weighted by Crippen LogP contribution is -2.48. The summed E-state index contributed by atoms with van der Waals surface area (Å²) in [6, 6.07) is 0. The number of rotatable bonds is 4. The van der Waals surface area contributed by atoms with Gasteiger partial charge in [0.25, 0.3) is 5.91 Å². The number of likely N-dealkylation sites (tertiary alicyclic amines) is 1. The molecule has 1 unspecified atom stereocenters. The number of piperidine rings is 1. The lowest BCUT2D eigenvalue weighted by atomic mass is 9.91. The molecule has 34 heavy (non-hydrogen) atoms. The number of hydrogen-bond donors (Lipinski definition) is 1. The van der Waals surface area contributed by atoms with Gasteiger partial charge in [0.15, 0.2) is 5.69 Å². The molecule has 1 aromatic rings. The van der Waals surface area contributed by atoms with Gasteiger partial charge in [-0.2, -0.15) is 5.10 Å². The van der Waals surface area contributed by atoms with E-state index in [0.717, 1.165) is 43.4 Å². The van der Waals surface area contributed by atoms with Crippen molar-refractivity contribution in [2.24, 2.45) is 5.92 Å². The van der Waals surface area contributed by atoms with Crippen LogP contribution in [-0.2, 0) is 28.9 Å². The minimum atomic E-state index is -0.572. The van der Waals surface area contributed by atoms with Gasteiger partial charge in [-0.25, -0.2) is 4.79 Å². The first-order valence-electron chi connectivity index (χ1n) is 12.7. The number of amides is 2. The minimum Gasteiger partial charge on any atom is -0.444 e. The zero-order chi connectivity index (χ0) is 24.6. The van der Waals surface area contributed by atoms with E-state index in [1.54, 1.807) is 4.90 Å². The quantitative estimate of drug-likeness (QED) is 0.718. The molecule has 0 aromatic carbocycles. The fraction of sp³-hybridized carbons (Fsp3) is 0.800. The van der Waals surface area contributed by atoms with Gasteiger partial charge >= 0.3 is 6.09 Å². The van der Waals surface area contributed by atoms with Crippen molar-refractivity contribution in [1.29, 1.82) is 0 Å². The summed E-state index contributed by atoms with van der Waals surface area (Å²) in [6.45, 7) is 12.2. The second-order valence-electron chi connectivity index (χ2n) is 11.1. The highest BCUT2D eigenvalue weighted by Crippen LogP contribution is 2.29. The van der Waals surface area contributed by atoms with Crippen LogP contribution in [0.2, 0.25) is 0 Å². The Hall–Kier alpha value is -2.13. The summed E-state index contributed by atoms with van der Waals surface area (Å²) in [5, 5.41) is 15.7. The van der Waals surface area contributed by atoms with Crippen LogP contribution in [0, 0.1) is 5.92 Å². The maximum absolute atomic E-state index is 13.3. The highest BCUT2D eigenvalue weighted by atomic mass is 16.6. The standard InChI is InChI=1S/C25H40N4O5/c1-16-13-28(14-17(2)33-16)23(31)22-19-7-6-8-20(19)29(26-22)15-21(30)18-9-11-27(12-10-18)24(32)34-25(3,4)5/h16-18,21,30H,6-15H2,1-5H3/t16-,17+,21?. The summed E-state index contributed by atoms with van der Waals surface area (Å²) in [5.41, 5.74) is 2.16. The van der Waals surface area contributed by atoms with Gasteiger partial charge in [-0.1, -0.05) is 0 Å². The van der Waals surface area contributed by atoms with Crippen molar-refractivity contribution in [2.75, 3.05) is 26.2 Å². The zero-order valence-corrected chi connectivity index (χ0v) is 21.2. The first-order chi connectivity index (χ1) is 16.0. The van der Waals surface area contributed by atoms with Crippen LogP contribution >= 0.6 is 0 Å². The van der Waals surface area contributed by atoms with Gasteiger partial charge in [-0.05, 0) is 72.6 Å². The van der Waals surface area contributed by atoms with E-state index in [9.17, 15) is 14.7 Å². The molecule has 0 bridgehead atoms. The van der Waals surface area contributed by atoms with Gasteiger partial charge < -0.3 is 24.4 Å². The van der Waals surface area contributed by atoms with Gasteiger partial charge in [0.05, 0.1) is 24.9 Å². The Morgan fingerprint density at radius 2 is 1.76 bits per heavy atom. The zero-order valence-electron chi connectivity index (χ0n) is 21.2. The topological polar surface area (TPSA) is 97.1 Å². The molecule has 0 radical (unpaired) electrons. The van der Waals surface area contributed by atoms with E-state index >= 15 is 0 Å². The number of carbonyl (C=O) groups is 2. The van der Waals surface area contributed by atoms with Gasteiger partial charge in [-0.15, -0.1) is 0 Å². The molecule has 4 rings (SSSR count). The second kappa shape index (κ2) is 9.85. The Labute approximate surface area is 202 Å². The van der Waals surface area contributed by atoms with Crippen molar-refractivity contribution in [3.05, 3.63) is 17.0 Å². The fourth-order valence-electron chi connectivity index (χ4n) is 5.45. The number of morpholine rings is 1. The number of aliphatic hydroxyl groups excluding tert-OH is 1. The molecule has 1 aliphatic carbocycles. The number of aliphatic hydroxyl groups is 1. The third-order valence-electron chi connectivity index (χ3n) is 7.01. The molecule has 3 atom stereocenters. The normalized spacial score (nSPS) is 24.8. The van der Waals surface area contributed by atoms with Crippen LogP contribution in [-0.4, -0.2) is 86.8 Å². The summed E-state index contributed by atoms with van der Waals surface area (Å²) < 4.78 is 13.1. The molecule has 9 nitrogen and oxygen atoms in total. The third-order valence-corrected chi connectivity index (χ3v) is 7.01. The average Bonchev–Trinajstić information content (AvgIpc) is 3.35. The smallest absolute Gasteiger partial charge is 0.410 e. The van der Waals surface area contributed by atoms with Crippen LogP contribution in [0.25, 0.3) is 0 Å². The molecule has 2 aliphatic heterocycles. The molecule has 3 heterocycles. The van der Waals surface area contributed by atoms with E-state index in [-0.39, 0.29) is 30.1 Å². The highest BCUT2D eigenvalue weighted by molar-refractivity contribution is 5.94. The minimum absolute atomic E-state index is 0.0104. The van der Waals surface area contributed by atoms with Crippen molar-refractivity contribution in [2.45, 2.75) is 97.2 Å². The highest BCUT2D eigenvalue weighted by Gasteiger charge is 2.35. The summed E-state index contributed by atoms with van der Waals surface area (Å²) in [5.74, 6) is 0.0547. The average molecular weight is 477 g/mol. The molecule has 3 aliphatic rings. The van der Waals surface area contributed by atoms with Crippen LogP contribution in [0.1, 0.15) is 75.6 Å². The Morgan fingerprint density at radius 3 is 2.38 bits per heavy atom. The molecule has 190 valence electrons. The molecular weight excluding hydrogens is 436 g/mol. The lowest BCUT2D eigenvalue weighted by molar-refractivity contribution is -0.0587. The van der Waals surface area contributed by atoms with Gasteiger partial charge in [0, 0.05) is 37.4 Å². The molecular formula is C25H40N4O5. The van der Waals surface area contributed by atoms with E-state index in [1.807, 2.05) is 44.2 Å². The molecule has 1 N–H and O–H groups in total. The van der Waals surface area contributed by atoms with Crippen molar-refractivity contribution < 1.29 is 24.2 Å². The number of nitrogens with zero attached hydrogens (tertiary/aromatic N) is 4. The largest absolute Gasteiger partial charge is 0.444 e. The predicted octanol–water partition coefficient (Wildman–Crippen LogP) is 2.63. The monoisotopic (exact) mass is 476 g/mol. The third kappa shape index (κ3) is 5.57. The number of hydrogen-bond acceptors (Lipinski definition) is 6. The maximum Gasteiger partial charge on any atom is 0.410 e. The Bertz CT molecular complexity index is 890. The van der Waals surface area contributed by atoms with Crippen molar-refractivity contribution in [3.8, 4) is 0 Å². The summed E-state index contributed by atoms with van der Waals surface area (Å²) in [4.78, 5) is 29.2. The predicted molar refractivity (Wildman–Crippen MR) is 127 cm³/mol. The lowest BCUT2D eigenvalue weighted by Gasteiger charge is -2.35. The fourth-order valence-corrected chi connectivity index (χ4v) is 5.45. The SMILES string of the molecule is C[C@@H]1CN(C(=O)c2nn(CC(O)C3CCN(C(=O)OC(C)(C)C)CC3)c3c2CCC3)C[C@H](C)O1. The van der Waals surface area contributed by atoms with E-state index in [4.69, 9.17) is 14.6 Å². The Morgan fingerprint density at radius 1 is 1.12 bits per heavy atom. The van der Waals surface area contributed by atoms with Crippen LogP contribution in [0.15, 0.2) is 0 Å². The summed E-state index contributed by atoms with van der Waals surface area (Å²) in [6.07, 6.45) is 3.35. The number of carbonyl (C=O) groups excluding carboxylic acids is 2. The summed E-state index contributed by atoms with van der Waals surface area (Å²) in [7, 11) is 0. The van der Waals surface area contributed by atoms with E-state index in [2.05, 4.69) is 0 Å². The summed E-state index contributed by atoms with van der Waals surface area (Å²) >= 11 is 0. The molecule has 2 saturated heterocycles. The Kier molecular flexibility index (Phi) is 7.24. The second-order valence-corrected chi connectivity index (χ2v) is 11.1. The molecule has 2 amide bonds.